The van der Waals surface area contributed by atoms with E-state index in [0.29, 0.717) is 0 Å². The van der Waals surface area contributed by atoms with Crippen molar-refractivity contribution in [3.63, 3.8) is 0 Å². The van der Waals surface area contributed by atoms with Crippen molar-refractivity contribution in [3.05, 3.63) is 16.1 Å². The van der Waals surface area contributed by atoms with Gasteiger partial charge in [-0.2, -0.15) is 0 Å². The molecule has 2 aliphatic carbocycles. The maximum absolute atomic E-state index is 4.98. The Kier molecular flexibility index (Phi) is 2.83. The normalized spacial score (nSPS) is 35.3. The predicted octanol–water partition coefficient (Wildman–Crippen LogP) is 3.68. The van der Waals surface area contributed by atoms with Crippen LogP contribution in [0.5, 0.6) is 0 Å². The number of nitrogens with zero attached hydrogens (tertiary/aromatic N) is 1. The second-order valence-corrected chi connectivity index (χ2v) is 7.95. The molecule has 18 heavy (non-hydrogen) atoms. The van der Waals surface area contributed by atoms with E-state index >= 15 is 0 Å². The molecule has 3 heteroatoms. The molecule has 2 fully saturated rings. The van der Waals surface area contributed by atoms with Gasteiger partial charge in [0.05, 0.1) is 11.2 Å². The fourth-order valence-electron chi connectivity index (χ4n) is 3.83. The third kappa shape index (κ3) is 1.75. The maximum atomic E-state index is 4.98. The third-order valence-electron chi connectivity index (χ3n) is 4.95. The average Bonchev–Trinajstić information content (AvgIpc) is 3.02. The molecule has 2 bridgehead atoms. The van der Waals surface area contributed by atoms with Crippen molar-refractivity contribution in [3.8, 4) is 0 Å². The molecule has 0 radical (unpaired) electrons. The molecule has 0 amide bonds. The highest BCUT2D eigenvalue weighted by Crippen LogP contribution is 2.55. The summed E-state index contributed by atoms with van der Waals surface area (Å²) in [5.74, 6) is 1.75. The highest BCUT2D eigenvalue weighted by Gasteiger charge is 2.52. The van der Waals surface area contributed by atoms with Crippen LogP contribution in [0, 0.1) is 11.8 Å². The minimum absolute atomic E-state index is 0.168. The van der Waals surface area contributed by atoms with Gasteiger partial charge in [0, 0.05) is 10.8 Å². The monoisotopic (exact) mass is 264 g/mol. The fraction of sp³-hybridized carbons (Fsp3) is 0.800. The smallest absolute Gasteiger partial charge is 0.113 e. The predicted molar refractivity (Wildman–Crippen MR) is 77.0 cm³/mol. The van der Waals surface area contributed by atoms with Crippen molar-refractivity contribution in [2.45, 2.75) is 57.4 Å². The van der Waals surface area contributed by atoms with Gasteiger partial charge in [-0.05, 0) is 38.1 Å². The van der Waals surface area contributed by atoms with E-state index in [1.54, 1.807) is 0 Å². The molecule has 3 rings (SSSR count). The summed E-state index contributed by atoms with van der Waals surface area (Å²) in [6, 6.07) is 0. The van der Waals surface area contributed by atoms with E-state index in [9.17, 15) is 0 Å². The minimum atomic E-state index is 0.168. The van der Waals surface area contributed by atoms with Gasteiger partial charge in [-0.1, -0.05) is 27.2 Å². The largest absolute Gasteiger partial charge is 0.308 e. The zero-order valence-corrected chi connectivity index (χ0v) is 12.7. The molecule has 3 atom stereocenters. The fourth-order valence-corrected chi connectivity index (χ4v) is 5.17. The van der Waals surface area contributed by atoms with Crippen LogP contribution in [0.15, 0.2) is 5.38 Å². The highest BCUT2D eigenvalue weighted by molar-refractivity contribution is 7.09. The van der Waals surface area contributed by atoms with Crippen LogP contribution < -0.4 is 5.32 Å². The standard InChI is InChI=1S/C15H24N2S/c1-14(2,3)12-9-18-13(17-12)15(16-4)8-10-5-6-11(15)7-10/h9-11,16H,5-8H2,1-4H3. The molecule has 100 valence electrons. The first-order chi connectivity index (χ1) is 8.45. The van der Waals surface area contributed by atoms with Gasteiger partial charge >= 0.3 is 0 Å². The van der Waals surface area contributed by atoms with Gasteiger partial charge < -0.3 is 5.32 Å². The Balaban J connectivity index is 1.96. The molecular formula is C15H24N2S. The summed E-state index contributed by atoms with van der Waals surface area (Å²) in [6.45, 7) is 6.75. The Bertz CT molecular complexity index is 446. The number of aromatic nitrogens is 1. The lowest BCUT2D eigenvalue weighted by Crippen LogP contribution is -2.44. The topological polar surface area (TPSA) is 24.9 Å². The van der Waals surface area contributed by atoms with Gasteiger partial charge in [0.1, 0.15) is 5.01 Å². The highest BCUT2D eigenvalue weighted by atomic mass is 32.1. The average molecular weight is 264 g/mol. The van der Waals surface area contributed by atoms with E-state index in [2.05, 4.69) is 38.5 Å². The van der Waals surface area contributed by atoms with Crippen molar-refractivity contribution >= 4 is 11.3 Å². The van der Waals surface area contributed by atoms with Crippen LogP contribution in [-0.2, 0) is 11.0 Å². The SMILES string of the molecule is CNC1(c2nc(C(C)(C)C)cs2)CC2CCC1C2. The van der Waals surface area contributed by atoms with E-state index in [0.717, 1.165) is 11.8 Å². The van der Waals surface area contributed by atoms with Crippen LogP contribution >= 0.6 is 11.3 Å². The Morgan fingerprint density at radius 2 is 2.17 bits per heavy atom. The summed E-state index contributed by atoms with van der Waals surface area (Å²) in [6.07, 6.45) is 5.53. The van der Waals surface area contributed by atoms with Crippen LogP contribution in [0.25, 0.3) is 0 Å². The van der Waals surface area contributed by atoms with Crippen molar-refractivity contribution in [1.82, 2.24) is 10.3 Å². The third-order valence-corrected chi connectivity index (χ3v) is 5.97. The van der Waals surface area contributed by atoms with E-state index in [1.807, 2.05) is 11.3 Å². The number of fused-ring (bicyclic) bond motifs is 2. The summed E-state index contributed by atoms with van der Waals surface area (Å²) in [7, 11) is 2.12. The molecular weight excluding hydrogens is 240 g/mol. The van der Waals surface area contributed by atoms with Gasteiger partial charge in [-0.15, -0.1) is 11.3 Å². The second-order valence-electron chi connectivity index (χ2n) is 7.09. The van der Waals surface area contributed by atoms with Crippen LogP contribution in [0.4, 0.5) is 0 Å². The van der Waals surface area contributed by atoms with Gasteiger partial charge in [0.2, 0.25) is 0 Å². The Morgan fingerprint density at radius 3 is 2.61 bits per heavy atom. The summed E-state index contributed by atoms with van der Waals surface area (Å²) >= 11 is 1.86. The van der Waals surface area contributed by atoms with Crippen molar-refractivity contribution in [2.75, 3.05) is 7.05 Å². The molecule has 2 saturated carbocycles. The second kappa shape index (κ2) is 4.04. The molecule has 2 nitrogen and oxygen atoms in total. The zero-order valence-electron chi connectivity index (χ0n) is 11.9. The number of hydrogen-bond donors (Lipinski definition) is 1. The summed E-state index contributed by atoms with van der Waals surface area (Å²) in [5, 5.41) is 7.24. The summed E-state index contributed by atoms with van der Waals surface area (Å²) < 4.78 is 0. The Hall–Kier alpha value is -0.410. The molecule has 1 heterocycles. The Morgan fingerprint density at radius 1 is 1.39 bits per heavy atom. The van der Waals surface area contributed by atoms with Crippen molar-refractivity contribution in [1.29, 1.82) is 0 Å². The molecule has 1 N–H and O–H groups in total. The summed E-state index contributed by atoms with van der Waals surface area (Å²) in [4.78, 5) is 4.98. The van der Waals surface area contributed by atoms with Crippen molar-refractivity contribution < 1.29 is 0 Å². The quantitative estimate of drug-likeness (QED) is 0.881. The first-order valence-corrected chi connectivity index (χ1v) is 7.99. The molecule has 3 unspecified atom stereocenters. The molecule has 0 spiro atoms. The number of thiazole rings is 1. The molecule has 0 aliphatic heterocycles. The molecule has 2 aliphatic rings. The first kappa shape index (κ1) is 12.6. The molecule has 1 aromatic heterocycles. The Labute approximate surface area is 114 Å². The van der Waals surface area contributed by atoms with Crippen molar-refractivity contribution in [2.24, 2.45) is 11.8 Å². The van der Waals surface area contributed by atoms with E-state index < -0.39 is 0 Å². The van der Waals surface area contributed by atoms with Gasteiger partial charge in [-0.3, -0.25) is 0 Å². The van der Waals surface area contributed by atoms with Gasteiger partial charge in [-0.25, -0.2) is 4.98 Å². The van der Waals surface area contributed by atoms with E-state index in [4.69, 9.17) is 4.98 Å². The number of hydrogen-bond acceptors (Lipinski definition) is 3. The van der Waals surface area contributed by atoms with Gasteiger partial charge in [0.25, 0.3) is 0 Å². The lowest BCUT2D eigenvalue weighted by atomic mass is 9.81. The minimum Gasteiger partial charge on any atom is -0.308 e. The molecule has 1 aromatic rings. The lowest BCUT2D eigenvalue weighted by molar-refractivity contribution is 0.224. The van der Waals surface area contributed by atoms with Crippen LogP contribution in [0.3, 0.4) is 0 Å². The number of nitrogens with one attached hydrogen (secondary N) is 1. The van der Waals surface area contributed by atoms with Crippen LogP contribution in [0.2, 0.25) is 0 Å². The first-order valence-electron chi connectivity index (χ1n) is 7.11. The number of rotatable bonds is 2. The van der Waals surface area contributed by atoms with E-state index in [1.165, 1.54) is 36.4 Å². The lowest BCUT2D eigenvalue weighted by Gasteiger charge is -2.35. The molecule has 0 saturated heterocycles. The zero-order chi connectivity index (χ0) is 13.0. The summed E-state index contributed by atoms with van der Waals surface area (Å²) in [5.41, 5.74) is 1.61. The maximum Gasteiger partial charge on any atom is 0.113 e. The van der Waals surface area contributed by atoms with E-state index in [-0.39, 0.29) is 11.0 Å². The van der Waals surface area contributed by atoms with Gasteiger partial charge in [0.15, 0.2) is 0 Å². The molecule has 0 aromatic carbocycles. The van der Waals surface area contributed by atoms with Crippen LogP contribution in [0.1, 0.15) is 57.2 Å². The van der Waals surface area contributed by atoms with Crippen LogP contribution in [-0.4, -0.2) is 12.0 Å².